The van der Waals surface area contributed by atoms with E-state index in [4.69, 9.17) is 14.2 Å². The summed E-state index contributed by atoms with van der Waals surface area (Å²) in [5, 5.41) is 5.57. The number of rotatable bonds is 5. The van der Waals surface area contributed by atoms with Crippen LogP contribution in [0.4, 0.5) is 5.69 Å². The molecule has 3 aliphatic heterocycles. The Labute approximate surface area is 197 Å². The largest absolute Gasteiger partial charge is 0.479 e. The Bertz CT molecular complexity index is 1280. The van der Waals surface area contributed by atoms with Crippen LogP contribution in [0.25, 0.3) is 0 Å². The third-order valence-corrected chi connectivity index (χ3v) is 8.25. The molecule has 0 radical (unpaired) electrons. The third kappa shape index (κ3) is 3.94. The van der Waals surface area contributed by atoms with Crippen molar-refractivity contribution in [3.8, 4) is 17.2 Å². The van der Waals surface area contributed by atoms with Crippen LogP contribution in [-0.2, 0) is 26.2 Å². The van der Waals surface area contributed by atoms with Crippen LogP contribution in [0.1, 0.15) is 30.9 Å². The number of benzene rings is 2. The van der Waals surface area contributed by atoms with Crippen LogP contribution < -0.4 is 24.8 Å². The number of anilines is 1. The number of carbonyl (C=O) groups is 2. The van der Waals surface area contributed by atoms with Crippen molar-refractivity contribution in [3.05, 3.63) is 41.5 Å². The Hall–Kier alpha value is -3.31. The van der Waals surface area contributed by atoms with Gasteiger partial charge in [0.05, 0.1) is 10.6 Å². The molecule has 3 heterocycles. The summed E-state index contributed by atoms with van der Waals surface area (Å²) in [6.45, 7) is 3.89. The van der Waals surface area contributed by atoms with Crippen molar-refractivity contribution in [2.24, 2.45) is 0 Å². The van der Waals surface area contributed by atoms with E-state index in [0.717, 1.165) is 5.56 Å². The lowest BCUT2D eigenvalue weighted by Crippen LogP contribution is -2.45. The number of nitrogens with zero attached hydrogens (tertiary/aromatic N) is 1. The lowest BCUT2D eigenvalue weighted by molar-refractivity contribution is -0.124. The fourth-order valence-corrected chi connectivity index (χ4v) is 6.27. The quantitative estimate of drug-likeness (QED) is 0.660. The number of fused-ring (bicyclic) bond motifs is 2. The second-order valence-corrected chi connectivity index (χ2v) is 10.4. The Morgan fingerprint density at radius 1 is 1.18 bits per heavy atom. The number of nitrogens with one attached hydrogen (secondary N) is 2. The maximum atomic E-state index is 13.6. The van der Waals surface area contributed by atoms with Crippen LogP contribution in [0, 0.1) is 6.92 Å². The van der Waals surface area contributed by atoms with Gasteiger partial charge in [0.1, 0.15) is 11.8 Å². The highest BCUT2D eigenvalue weighted by Crippen LogP contribution is 2.37. The number of sulfonamides is 1. The second-order valence-electron chi connectivity index (χ2n) is 8.54. The maximum absolute atomic E-state index is 13.6. The van der Waals surface area contributed by atoms with Gasteiger partial charge in [0.15, 0.2) is 17.6 Å². The highest BCUT2D eigenvalue weighted by atomic mass is 32.2. The van der Waals surface area contributed by atoms with Crippen LogP contribution in [0.3, 0.4) is 0 Å². The molecule has 0 spiro atoms. The summed E-state index contributed by atoms with van der Waals surface area (Å²) in [7, 11) is -3.98. The highest BCUT2D eigenvalue weighted by molar-refractivity contribution is 7.89. The third-order valence-electron chi connectivity index (χ3n) is 6.20. The average Bonchev–Trinajstić information content (AvgIpc) is 3.48. The van der Waals surface area contributed by atoms with E-state index >= 15 is 0 Å². The molecule has 0 aromatic heterocycles. The van der Waals surface area contributed by atoms with E-state index in [1.54, 1.807) is 32.0 Å². The van der Waals surface area contributed by atoms with Crippen molar-refractivity contribution in [2.45, 2.75) is 50.3 Å². The summed E-state index contributed by atoms with van der Waals surface area (Å²) in [5.74, 6) is 0.918. The molecule has 1 saturated heterocycles. The predicted octanol–water partition coefficient (Wildman–Crippen LogP) is 1.91. The lowest BCUT2D eigenvalue weighted by Gasteiger charge is -2.27. The molecule has 0 unspecified atom stereocenters. The summed E-state index contributed by atoms with van der Waals surface area (Å²) in [6.07, 6.45) is 0.279. The SMILES string of the molecule is Cc1cc2c(cc1S(=O)(=O)N1CCC[C@@H]1C(=O)NCc1ccc3c(c1)OCO3)O[C@@H](C)C(=O)N2. The Balaban J connectivity index is 1.34. The van der Waals surface area contributed by atoms with Crippen molar-refractivity contribution in [3.63, 3.8) is 0 Å². The first-order valence-corrected chi connectivity index (χ1v) is 12.5. The molecule has 0 saturated carbocycles. The first-order chi connectivity index (χ1) is 16.2. The van der Waals surface area contributed by atoms with Gasteiger partial charge >= 0.3 is 0 Å². The predicted molar refractivity (Wildman–Crippen MR) is 121 cm³/mol. The van der Waals surface area contributed by atoms with Gasteiger partial charge in [-0.2, -0.15) is 4.31 Å². The molecule has 0 bridgehead atoms. The van der Waals surface area contributed by atoms with Gasteiger partial charge in [-0.15, -0.1) is 0 Å². The van der Waals surface area contributed by atoms with E-state index in [2.05, 4.69) is 10.6 Å². The van der Waals surface area contributed by atoms with E-state index in [9.17, 15) is 18.0 Å². The van der Waals surface area contributed by atoms with Crippen LogP contribution in [-0.4, -0.2) is 50.0 Å². The topological polar surface area (TPSA) is 123 Å². The van der Waals surface area contributed by atoms with Crippen molar-refractivity contribution < 1.29 is 32.2 Å². The molecule has 3 aliphatic rings. The summed E-state index contributed by atoms with van der Waals surface area (Å²) < 4.78 is 44.7. The van der Waals surface area contributed by atoms with Gasteiger partial charge in [0.2, 0.25) is 22.7 Å². The smallest absolute Gasteiger partial charge is 0.265 e. The van der Waals surface area contributed by atoms with Crippen LogP contribution in [0.2, 0.25) is 0 Å². The fraction of sp³-hybridized carbons (Fsp3) is 0.391. The molecule has 2 atom stereocenters. The number of aryl methyl sites for hydroxylation is 1. The normalized spacial score (nSPS) is 21.5. The lowest BCUT2D eigenvalue weighted by atomic mass is 10.1. The van der Waals surface area contributed by atoms with Crippen LogP contribution in [0.15, 0.2) is 35.2 Å². The number of hydrogen-bond donors (Lipinski definition) is 2. The molecular weight excluding hydrogens is 462 g/mol. The minimum absolute atomic E-state index is 0.0602. The summed E-state index contributed by atoms with van der Waals surface area (Å²) >= 11 is 0. The van der Waals surface area contributed by atoms with Gasteiger partial charge in [-0.1, -0.05) is 6.07 Å². The maximum Gasteiger partial charge on any atom is 0.265 e. The minimum Gasteiger partial charge on any atom is -0.479 e. The molecule has 34 heavy (non-hydrogen) atoms. The molecule has 0 aliphatic carbocycles. The summed E-state index contributed by atoms with van der Waals surface area (Å²) in [5.41, 5.74) is 1.71. The molecule has 2 amide bonds. The number of hydrogen-bond acceptors (Lipinski definition) is 7. The molecule has 180 valence electrons. The van der Waals surface area contributed by atoms with E-state index in [0.29, 0.717) is 41.3 Å². The standard InChI is InChI=1S/C23H25N3O7S/c1-13-8-16-19(33-14(2)22(27)25-16)10-21(13)34(29,30)26-7-3-4-17(26)23(28)24-11-15-5-6-18-20(9-15)32-12-31-18/h5-6,8-10,14,17H,3-4,7,11-12H2,1-2H3,(H,24,28)(H,25,27)/t14-,17+/m0/s1. The van der Waals surface area contributed by atoms with Gasteiger partial charge in [-0.05, 0) is 56.0 Å². The van der Waals surface area contributed by atoms with Crippen LogP contribution in [0.5, 0.6) is 17.2 Å². The highest BCUT2D eigenvalue weighted by Gasteiger charge is 2.40. The Kier molecular flexibility index (Phi) is 5.61. The first kappa shape index (κ1) is 22.5. The molecule has 10 nitrogen and oxygen atoms in total. The molecule has 11 heteroatoms. The van der Waals surface area contributed by atoms with Crippen molar-refractivity contribution in [1.29, 1.82) is 0 Å². The molecular formula is C23H25N3O7S. The van der Waals surface area contributed by atoms with Gasteiger partial charge in [-0.3, -0.25) is 9.59 Å². The van der Waals surface area contributed by atoms with E-state index in [-0.39, 0.29) is 36.6 Å². The molecule has 5 rings (SSSR count). The Morgan fingerprint density at radius 3 is 2.79 bits per heavy atom. The second kappa shape index (κ2) is 8.48. The van der Waals surface area contributed by atoms with E-state index in [1.807, 2.05) is 6.07 Å². The van der Waals surface area contributed by atoms with E-state index in [1.165, 1.54) is 10.4 Å². The van der Waals surface area contributed by atoms with Crippen LogP contribution >= 0.6 is 0 Å². The van der Waals surface area contributed by atoms with Crippen molar-refractivity contribution >= 4 is 27.5 Å². The zero-order valence-corrected chi connectivity index (χ0v) is 19.6. The molecule has 2 aromatic rings. The van der Waals surface area contributed by atoms with Gasteiger partial charge in [0.25, 0.3) is 5.91 Å². The minimum atomic E-state index is -3.98. The summed E-state index contributed by atoms with van der Waals surface area (Å²) in [6, 6.07) is 7.59. The number of carbonyl (C=O) groups excluding carboxylic acids is 2. The zero-order valence-electron chi connectivity index (χ0n) is 18.8. The zero-order chi connectivity index (χ0) is 24.0. The van der Waals surface area contributed by atoms with Gasteiger partial charge in [-0.25, -0.2) is 8.42 Å². The van der Waals surface area contributed by atoms with Gasteiger partial charge < -0.3 is 24.8 Å². The monoisotopic (exact) mass is 487 g/mol. The fourth-order valence-electron chi connectivity index (χ4n) is 4.39. The molecule has 2 N–H and O–H groups in total. The van der Waals surface area contributed by atoms with Crippen molar-refractivity contribution in [2.75, 3.05) is 18.7 Å². The first-order valence-electron chi connectivity index (χ1n) is 11.0. The van der Waals surface area contributed by atoms with Crippen molar-refractivity contribution in [1.82, 2.24) is 9.62 Å². The number of ether oxygens (including phenoxy) is 3. The van der Waals surface area contributed by atoms with E-state index < -0.39 is 22.2 Å². The average molecular weight is 488 g/mol. The Morgan fingerprint density at radius 2 is 1.97 bits per heavy atom. The molecule has 2 aromatic carbocycles. The van der Waals surface area contributed by atoms with Gasteiger partial charge in [0, 0.05) is 19.2 Å². The number of amides is 2. The molecule has 1 fully saturated rings. The summed E-state index contributed by atoms with van der Waals surface area (Å²) in [4.78, 5) is 24.9.